The number of aliphatic hydroxyl groups is 1. The minimum absolute atomic E-state index is 0.00196. The Kier molecular flexibility index (Phi) is 3.11. The van der Waals surface area contributed by atoms with Gasteiger partial charge in [-0.25, -0.2) is 0 Å². The van der Waals surface area contributed by atoms with Gasteiger partial charge >= 0.3 is 0 Å². The Morgan fingerprint density at radius 3 is 2.59 bits per heavy atom. The van der Waals surface area contributed by atoms with Crippen LogP contribution >= 0.6 is 23.4 Å². The second-order valence-electron chi connectivity index (χ2n) is 4.75. The normalized spacial score (nSPS) is 44.2. The Morgan fingerprint density at radius 2 is 1.94 bits per heavy atom. The highest BCUT2D eigenvalue weighted by molar-refractivity contribution is 8.00. The zero-order valence-electron chi connectivity index (χ0n) is 9.49. The smallest absolute Gasteiger partial charge is 0.0979 e. The van der Waals surface area contributed by atoms with E-state index in [1.54, 1.807) is 11.8 Å². The van der Waals surface area contributed by atoms with Crippen LogP contribution in [0.5, 0.6) is 0 Å². The molecule has 0 radical (unpaired) electrons. The maximum atomic E-state index is 10.1. The summed E-state index contributed by atoms with van der Waals surface area (Å²) >= 11 is 8.14. The highest BCUT2D eigenvalue weighted by Gasteiger charge is 2.57. The topological polar surface area (TPSA) is 29.5 Å². The van der Waals surface area contributed by atoms with Crippen molar-refractivity contribution in [1.29, 1.82) is 0 Å². The van der Waals surface area contributed by atoms with Gasteiger partial charge in [-0.05, 0) is 12.1 Å². The van der Waals surface area contributed by atoms with Gasteiger partial charge in [0.25, 0.3) is 0 Å². The number of halogens is 1. The number of alkyl halides is 1. The van der Waals surface area contributed by atoms with Crippen molar-refractivity contribution in [2.75, 3.05) is 0 Å². The third-order valence-electron chi connectivity index (χ3n) is 3.67. The summed E-state index contributed by atoms with van der Waals surface area (Å²) in [4.78, 5) is 1.18. The first kappa shape index (κ1) is 11.8. The Bertz CT molecular complexity index is 400. The van der Waals surface area contributed by atoms with Crippen LogP contribution in [0.4, 0.5) is 0 Å². The number of rotatable bonds is 2. The van der Waals surface area contributed by atoms with Gasteiger partial charge in [0, 0.05) is 10.8 Å². The maximum Gasteiger partial charge on any atom is 0.0979 e. The third-order valence-corrected chi connectivity index (χ3v) is 5.72. The van der Waals surface area contributed by atoms with E-state index in [4.69, 9.17) is 16.3 Å². The molecule has 0 unspecified atom stereocenters. The molecular formula is C13H15ClO2S. The molecule has 2 aliphatic heterocycles. The van der Waals surface area contributed by atoms with E-state index in [9.17, 15) is 5.11 Å². The number of hydrogen-bond donors (Lipinski definition) is 1. The molecule has 0 saturated carbocycles. The SMILES string of the molecule is C[C@@H]1[C@H](O)[C@@H]2O[C@H]1[C@H](Cl)[C@H]2Sc1ccccc1. The lowest BCUT2D eigenvalue weighted by Crippen LogP contribution is -2.44. The molecule has 2 bridgehead atoms. The first-order chi connectivity index (χ1) is 8.18. The van der Waals surface area contributed by atoms with E-state index >= 15 is 0 Å². The zero-order valence-corrected chi connectivity index (χ0v) is 11.1. The van der Waals surface area contributed by atoms with Gasteiger partial charge in [-0.3, -0.25) is 0 Å². The van der Waals surface area contributed by atoms with E-state index in [1.807, 2.05) is 25.1 Å². The molecule has 92 valence electrons. The van der Waals surface area contributed by atoms with Crippen LogP contribution < -0.4 is 0 Å². The molecule has 2 heterocycles. The molecule has 1 N–H and O–H groups in total. The summed E-state index contributed by atoms with van der Waals surface area (Å²) in [7, 11) is 0. The lowest BCUT2D eigenvalue weighted by Gasteiger charge is -2.30. The number of aliphatic hydroxyl groups excluding tert-OH is 1. The third kappa shape index (κ3) is 1.89. The summed E-state index contributed by atoms with van der Waals surface area (Å²) in [5.41, 5.74) is 0. The van der Waals surface area contributed by atoms with Gasteiger partial charge in [-0.2, -0.15) is 0 Å². The van der Waals surface area contributed by atoms with Crippen molar-refractivity contribution in [3.63, 3.8) is 0 Å². The molecule has 3 rings (SSSR count). The van der Waals surface area contributed by atoms with Gasteiger partial charge in [-0.1, -0.05) is 25.1 Å². The minimum Gasteiger partial charge on any atom is -0.390 e. The second kappa shape index (κ2) is 4.47. The predicted octanol–water partition coefficient (Wildman–Crippen LogP) is 2.53. The molecule has 6 atom stereocenters. The fourth-order valence-corrected chi connectivity index (χ4v) is 4.53. The molecular weight excluding hydrogens is 256 g/mol. The fraction of sp³-hybridized carbons (Fsp3) is 0.538. The molecule has 0 spiro atoms. The summed E-state index contributed by atoms with van der Waals surface area (Å²) in [6.07, 6.45) is -0.503. The molecule has 2 aliphatic rings. The van der Waals surface area contributed by atoms with Gasteiger partial charge in [-0.15, -0.1) is 23.4 Å². The van der Waals surface area contributed by atoms with Gasteiger partial charge in [0.2, 0.25) is 0 Å². The van der Waals surface area contributed by atoms with Crippen LogP contribution in [0.15, 0.2) is 35.2 Å². The van der Waals surface area contributed by atoms with Crippen molar-refractivity contribution >= 4 is 23.4 Å². The van der Waals surface area contributed by atoms with Crippen LogP contribution in [-0.4, -0.2) is 34.0 Å². The summed E-state index contributed by atoms with van der Waals surface area (Å²) in [5.74, 6) is 0.148. The quantitative estimate of drug-likeness (QED) is 0.838. The van der Waals surface area contributed by atoms with Gasteiger partial charge in [0.15, 0.2) is 0 Å². The Hall–Kier alpha value is -0.220. The van der Waals surface area contributed by atoms with Crippen LogP contribution in [0.25, 0.3) is 0 Å². The van der Waals surface area contributed by atoms with Crippen LogP contribution in [-0.2, 0) is 4.74 Å². The van der Waals surface area contributed by atoms with Crippen LogP contribution in [0.1, 0.15) is 6.92 Å². The van der Waals surface area contributed by atoms with Crippen molar-refractivity contribution in [2.45, 2.75) is 40.8 Å². The molecule has 17 heavy (non-hydrogen) atoms. The average molecular weight is 271 g/mol. The van der Waals surface area contributed by atoms with Crippen molar-refractivity contribution in [2.24, 2.45) is 5.92 Å². The van der Waals surface area contributed by atoms with Crippen LogP contribution in [0.2, 0.25) is 0 Å². The number of fused-ring (bicyclic) bond motifs is 2. The van der Waals surface area contributed by atoms with E-state index < -0.39 is 0 Å². The molecule has 2 saturated heterocycles. The first-order valence-corrected chi connectivity index (χ1v) is 7.19. The minimum atomic E-state index is -0.379. The molecule has 4 heteroatoms. The molecule has 1 aromatic rings. The second-order valence-corrected chi connectivity index (χ2v) is 6.51. The van der Waals surface area contributed by atoms with E-state index in [-0.39, 0.29) is 34.9 Å². The Labute approximate surface area is 110 Å². The average Bonchev–Trinajstić information content (AvgIpc) is 2.80. The standard InChI is InChI=1S/C13H15ClO2S/c1-7-10(15)12-13(9(14)11(7)16-12)17-8-5-3-2-4-6-8/h2-7,9-13,15H,1H3/t7-,9+,10+,11-,12+,13-/m1/s1. The highest BCUT2D eigenvalue weighted by Crippen LogP contribution is 2.48. The van der Waals surface area contributed by atoms with Gasteiger partial charge in [0.1, 0.15) is 0 Å². The number of ether oxygens (including phenoxy) is 1. The van der Waals surface area contributed by atoms with Gasteiger partial charge < -0.3 is 9.84 Å². The Morgan fingerprint density at radius 1 is 1.24 bits per heavy atom. The largest absolute Gasteiger partial charge is 0.390 e. The highest BCUT2D eigenvalue weighted by atomic mass is 35.5. The fourth-order valence-electron chi connectivity index (χ4n) is 2.67. The summed E-state index contributed by atoms with van der Waals surface area (Å²) < 4.78 is 5.79. The maximum absolute atomic E-state index is 10.1. The summed E-state index contributed by atoms with van der Waals surface area (Å²) in [6.45, 7) is 2.01. The number of benzene rings is 1. The van der Waals surface area contributed by atoms with E-state index in [1.165, 1.54) is 4.90 Å². The molecule has 2 nitrogen and oxygen atoms in total. The number of thioether (sulfide) groups is 1. The zero-order chi connectivity index (χ0) is 12.0. The first-order valence-electron chi connectivity index (χ1n) is 5.88. The van der Waals surface area contributed by atoms with E-state index in [2.05, 4.69) is 12.1 Å². The van der Waals surface area contributed by atoms with Crippen LogP contribution in [0.3, 0.4) is 0 Å². The lowest BCUT2D eigenvalue weighted by atomic mass is 9.87. The van der Waals surface area contributed by atoms with Crippen molar-refractivity contribution in [3.8, 4) is 0 Å². The van der Waals surface area contributed by atoms with E-state index in [0.29, 0.717) is 0 Å². The molecule has 0 aromatic heterocycles. The van der Waals surface area contributed by atoms with Crippen LogP contribution in [0, 0.1) is 5.92 Å². The molecule has 2 fully saturated rings. The summed E-state index contributed by atoms with van der Waals surface area (Å²) in [5, 5.41) is 10.2. The van der Waals surface area contributed by atoms with Crippen molar-refractivity contribution in [1.82, 2.24) is 0 Å². The monoisotopic (exact) mass is 270 g/mol. The molecule has 0 amide bonds. The van der Waals surface area contributed by atoms with Crippen molar-refractivity contribution in [3.05, 3.63) is 30.3 Å². The number of hydrogen-bond acceptors (Lipinski definition) is 3. The molecule has 1 aromatic carbocycles. The Balaban J connectivity index is 1.77. The van der Waals surface area contributed by atoms with Crippen molar-refractivity contribution < 1.29 is 9.84 Å². The lowest BCUT2D eigenvalue weighted by molar-refractivity contribution is 0.0541. The summed E-state index contributed by atoms with van der Waals surface area (Å²) in [6, 6.07) is 10.2. The molecule has 0 aliphatic carbocycles. The van der Waals surface area contributed by atoms with Gasteiger partial charge in [0.05, 0.1) is 28.9 Å². The van der Waals surface area contributed by atoms with E-state index in [0.717, 1.165) is 0 Å². The predicted molar refractivity (Wildman–Crippen MR) is 69.6 cm³/mol.